The molecule has 1 aliphatic heterocycles. The van der Waals surface area contributed by atoms with E-state index in [9.17, 15) is 9.90 Å². The zero-order valence-electron chi connectivity index (χ0n) is 14.1. The number of hydrogen-bond donors (Lipinski definition) is 2. The lowest BCUT2D eigenvalue weighted by Crippen LogP contribution is -2.46. The zero-order chi connectivity index (χ0) is 17.2. The van der Waals surface area contributed by atoms with E-state index >= 15 is 0 Å². The normalized spacial score (nSPS) is 20.3. The number of thioether (sulfide) groups is 1. The molecule has 1 aromatic carbocycles. The van der Waals surface area contributed by atoms with E-state index in [1.165, 1.54) is 5.56 Å². The molecule has 1 fully saturated rings. The van der Waals surface area contributed by atoms with E-state index in [1.54, 1.807) is 11.8 Å². The minimum absolute atomic E-state index is 0.276. The Bertz CT molecular complexity index is 721. The summed E-state index contributed by atoms with van der Waals surface area (Å²) in [5.41, 5.74) is 2.96. The van der Waals surface area contributed by atoms with Gasteiger partial charge in [0.05, 0.1) is 12.2 Å². The molecule has 2 aromatic rings. The number of aliphatic hydroxyl groups is 1. The van der Waals surface area contributed by atoms with Crippen LogP contribution in [0.3, 0.4) is 0 Å². The van der Waals surface area contributed by atoms with Gasteiger partial charge >= 0.3 is 0 Å². The average Bonchev–Trinajstić information content (AvgIpc) is 3.12. The van der Waals surface area contributed by atoms with Crippen LogP contribution < -0.4 is 5.32 Å². The van der Waals surface area contributed by atoms with Crippen molar-refractivity contribution < 1.29 is 9.90 Å². The number of hydrogen-bond acceptors (Lipinski definition) is 4. The highest BCUT2D eigenvalue weighted by molar-refractivity contribution is 7.99. The Kier molecular flexibility index (Phi) is 4.96. The van der Waals surface area contributed by atoms with Crippen LogP contribution in [0.25, 0.3) is 0 Å². The minimum atomic E-state index is -1.22. The van der Waals surface area contributed by atoms with Crippen molar-refractivity contribution in [3.05, 3.63) is 52.8 Å². The number of amides is 1. The summed E-state index contributed by atoms with van der Waals surface area (Å²) in [6.45, 7) is 5.08. The van der Waals surface area contributed by atoms with E-state index in [2.05, 4.69) is 22.5 Å². The van der Waals surface area contributed by atoms with E-state index in [-0.39, 0.29) is 5.91 Å². The smallest absolute Gasteiger partial charge is 0.253 e. The summed E-state index contributed by atoms with van der Waals surface area (Å²) >= 11 is 1.62. The Labute approximate surface area is 146 Å². The molecule has 0 radical (unpaired) electrons. The van der Waals surface area contributed by atoms with E-state index in [1.807, 2.05) is 36.7 Å². The molecule has 2 heterocycles. The third-order valence-electron chi connectivity index (χ3n) is 4.56. The number of aryl methyl sites for hydroxylation is 1. The highest BCUT2D eigenvalue weighted by atomic mass is 32.2. The van der Waals surface area contributed by atoms with Crippen LogP contribution in [-0.4, -0.2) is 37.9 Å². The Morgan fingerprint density at radius 1 is 1.38 bits per heavy atom. The highest BCUT2D eigenvalue weighted by Crippen LogP contribution is 2.28. The van der Waals surface area contributed by atoms with Crippen LogP contribution in [0.1, 0.15) is 28.9 Å². The lowest BCUT2D eigenvalue weighted by molar-refractivity contribution is -0.137. The van der Waals surface area contributed by atoms with Crippen molar-refractivity contribution in [2.75, 3.05) is 11.5 Å². The Hall–Kier alpha value is -1.79. The summed E-state index contributed by atoms with van der Waals surface area (Å²) in [6, 6.07) is 10.2. The number of rotatable bonds is 5. The van der Waals surface area contributed by atoms with Gasteiger partial charge in [0.2, 0.25) is 0 Å². The first-order chi connectivity index (χ1) is 11.5. The quantitative estimate of drug-likeness (QED) is 0.870. The first-order valence-electron chi connectivity index (χ1n) is 8.15. The fourth-order valence-electron chi connectivity index (χ4n) is 2.97. The van der Waals surface area contributed by atoms with Crippen molar-refractivity contribution in [2.24, 2.45) is 0 Å². The standard InChI is InChI=1S/C18H23N3O2S/c1-13-16(10-19-17(22)18(23)8-9-24-12-18)14(2)21(20-13)11-15-6-4-3-5-7-15/h3-7,23H,8-12H2,1-2H3,(H,19,22). The van der Waals surface area contributed by atoms with Crippen LogP contribution in [0.15, 0.2) is 30.3 Å². The van der Waals surface area contributed by atoms with E-state index < -0.39 is 5.60 Å². The largest absolute Gasteiger partial charge is 0.379 e. The lowest BCUT2D eigenvalue weighted by Gasteiger charge is -2.20. The molecule has 1 unspecified atom stereocenters. The van der Waals surface area contributed by atoms with Gasteiger partial charge in [0.1, 0.15) is 0 Å². The molecule has 0 spiro atoms. The van der Waals surface area contributed by atoms with Gasteiger partial charge < -0.3 is 10.4 Å². The molecule has 5 nitrogen and oxygen atoms in total. The third kappa shape index (κ3) is 3.49. The monoisotopic (exact) mass is 345 g/mol. The predicted molar refractivity (Wildman–Crippen MR) is 96.0 cm³/mol. The van der Waals surface area contributed by atoms with Crippen molar-refractivity contribution in [1.82, 2.24) is 15.1 Å². The van der Waals surface area contributed by atoms with Gasteiger partial charge in [0, 0.05) is 23.6 Å². The molecule has 1 saturated heterocycles. The number of carbonyl (C=O) groups excluding carboxylic acids is 1. The molecule has 2 N–H and O–H groups in total. The van der Waals surface area contributed by atoms with Crippen LogP contribution >= 0.6 is 11.8 Å². The molecule has 6 heteroatoms. The first kappa shape index (κ1) is 17.0. The number of nitrogens with one attached hydrogen (secondary N) is 1. The molecule has 128 valence electrons. The third-order valence-corrected chi connectivity index (χ3v) is 5.73. The summed E-state index contributed by atoms with van der Waals surface area (Å²) in [6.07, 6.45) is 0.523. The summed E-state index contributed by atoms with van der Waals surface area (Å²) in [4.78, 5) is 12.3. The number of carbonyl (C=O) groups is 1. The molecule has 24 heavy (non-hydrogen) atoms. The second-order valence-corrected chi connectivity index (χ2v) is 7.41. The molecule has 1 aromatic heterocycles. The highest BCUT2D eigenvalue weighted by Gasteiger charge is 2.39. The van der Waals surface area contributed by atoms with Gasteiger partial charge in [-0.2, -0.15) is 16.9 Å². The summed E-state index contributed by atoms with van der Waals surface area (Å²) in [5, 5.41) is 17.8. The van der Waals surface area contributed by atoms with E-state index in [4.69, 9.17) is 0 Å². The SMILES string of the molecule is Cc1nn(Cc2ccccc2)c(C)c1CNC(=O)C1(O)CCSC1. The van der Waals surface area contributed by atoms with Crippen molar-refractivity contribution in [1.29, 1.82) is 0 Å². The molecule has 1 amide bonds. The lowest BCUT2D eigenvalue weighted by atomic mass is 10.0. The minimum Gasteiger partial charge on any atom is -0.379 e. The van der Waals surface area contributed by atoms with Crippen molar-refractivity contribution in [3.63, 3.8) is 0 Å². The molecular weight excluding hydrogens is 322 g/mol. The Morgan fingerprint density at radius 3 is 2.79 bits per heavy atom. The van der Waals surface area contributed by atoms with Gasteiger partial charge in [-0.3, -0.25) is 9.48 Å². The van der Waals surface area contributed by atoms with E-state index in [0.29, 0.717) is 25.3 Å². The van der Waals surface area contributed by atoms with Gasteiger partial charge in [-0.15, -0.1) is 0 Å². The van der Waals surface area contributed by atoms with Gasteiger partial charge in [0.25, 0.3) is 5.91 Å². The predicted octanol–water partition coefficient (Wildman–Crippen LogP) is 2.03. The summed E-state index contributed by atoms with van der Waals surface area (Å²) in [5.74, 6) is 1.03. The summed E-state index contributed by atoms with van der Waals surface area (Å²) in [7, 11) is 0. The Balaban J connectivity index is 1.69. The second kappa shape index (κ2) is 6.99. The van der Waals surface area contributed by atoms with Gasteiger partial charge in [-0.05, 0) is 31.6 Å². The van der Waals surface area contributed by atoms with Crippen LogP contribution in [0, 0.1) is 13.8 Å². The van der Waals surface area contributed by atoms with Crippen LogP contribution in [0.2, 0.25) is 0 Å². The summed E-state index contributed by atoms with van der Waals surface area (Å²) < 4.78 is 1.96. The van der Waals surface area contributed by atoms with Gasteiger partial charge in [0.15, 0.2) is 5.60 Å². The maximum Gasteiger partial charge on any atom is 0.253 e. The average molecular weight is 345 g/mol. The number of aromatic nitrogens is 2. The first-order valence-corrected chi connectivity index (χ1v) is 9.30. The number of nitrogens with zero attached hydrogens (tertiary/aromatic N) is 2. The van der Waals surface area contributed by atoms with Crippen molar-refractivity contribution in [3.8, 4) is 0 Å². The molecule has 1 aliphatic rings. The maximum atomic E-state index is 12.3. The van der Waals surface area contributed by atoms with Crippen molar-refractivity contribution in [2.45, 2.75) is 39.0 Å². The Morgan fingerprint density at radius 2 is 2.12 bits per heavy atom. The zero-order valence-corrected chi connectivity index (χ0v) is 14.9. The number of benzene rings is 1. The molecule has 0 bridgehead atoms. The fourth-order valence-corrected chi connectivity index (χ4v) is 4.21. The van der Waals surface area contributed by atoms with Gasteiger partial charge in [-0.1, -0.05) is 30.3 Å². The molecular formula is C18H23N3O2S. The van der Waals surface area contributed by atoms with Gasteiger partial charge in [-0.25, -0.2) is 0 Å². The molecule has 0 aliphatic carbocycles. The molecule has 1 atom stereocenters. The second-order valence-electron chi connectivity index (χ2n) is 6.31. The maximum absolute atomic E-state index is 12.3. The fraction of sp³-hybridized carbons (Fsp3) is 0.444. The topological polar surface area (TPSA) is 67.2 Å². The molecule has 0 saturated carbocycles. The van der Waals surface area contributed by atoms with Crippen LogP contribution in [-0.2, 0) is 17.9 Å². The van der Waals surface area contributed by atoms with Crippen molar-refractivity contribution >= 4 is 17.7 Å². The van der Waals surface area contributed by atoms with Crippen LogP contribution in [0.5, 0.6) is 0 Å². The molecule has 3 rings (SSSR count). The van der Waals surface area contributed by atoms with Crippen LogP contribution in [0.4, 0.5) is 0 Å². The van der Waals surface area contributed by atoms with E-state index in [0.717, 1.165) is 22.7 Å².